The first-order valence-corrected chi connectivity index (χ1v) is 7.17. The van der Waals surface area contributed by atoms with E-state index in [1.165, 1.54) is 0 Å². The first-order chi connectivity index (χ1) is 9.27. The Kier molecular flexibility index (Phi) is 6.78. The standard InChI is InChI=1S/C15H21N3O.2ClH/c16-13-6-1-7-14-12(13)5-3-9-18(14)15(19)11-4-2-8-17-10-11;;/h1,6-7,11,17H,2-5,8-10,16H2;2*1H. The van der Waals surface area contributed by atoms with Crippen LogP contribution in [0, 0.1) is 5.92 Å². The highest BCUT2D eigenvalue weighted by Crippen LogP contribution is 2.32. The molecule has 1 aromatic rings. The zero-order valence-corrected chi connectivity index (χ0v) is 13.6. The number of halogens is 2. The molecule has 1 unspecified atom stereocenters. The molecule has 0 radical (unpaired) electrons. The number of benzene rings is 1. The van der Waals surface area contributed by atoms with Crippen LogP contribution < -0.4 is 16.0 Å². The number of carbonyl (C=O) groups excluding carboxylic acids is 1. The molecule has 0 bridgehead atoms. The molecule has 3 rings (SSSR count). The van der Waals surface area contributed by atoms with E-state index < -0.39 is 0 Å². The van der Waals surface area contributed by atoms with Crippen LogP contribution in [0.3, 0.4) is 0 Å². The Bertz CT molecular complexity index is 490. The average molecular weight is 332 g/mol. The third-order valence-corrected chi connectivity index (χ3v) is 4.20. The molecule has 0 aromatic heterocycles. The number of hydrogen-bond donors (Lipinski definition) is 2. The lowest BCUT2D eigenvalue weighted by Gasteiger charge is -2.34. The fourth-order valence-corrected chi connectivity index (χ4v) is 3.16. The summed E-state index contributed by atoms with van der Waals surface area (Å²) in [6, 6.07) is 5.90. The maximum atomic E-state index is 12.7. The van der Waals surface area contributed by atoms with E-state index in [1.54, 1.807) is 0 Å². The maximum absolute atomic E-state index is 12.7. The molecule has 4 nitrogen and oxygen atoms in total. The maximum Gasteiger partial charge on any atom is 0.231 e. The highest BCUT2D eigenvalue weighted by Gasteiger charge is 2.29. The van der Waals surface area contributed by atoms with E-state index in [2.05, 4.69) is 5.32 Å². The number of nitrogens with two attached hydrogens (primary N) is 1. The van der Waals surface area contributed by atoms with E-state index in [4.69, 9.17) is 5.73 Å². The van der Waals surface area contributed by atoms with E-state index in [0.717, 1.165) is 62.3 Å². The zero-order chi connectivity index (χ0) is 13.2. The van der Waals surface area contributed by atoms with Gasteiger partial charge in [0.2, 0.25) is 5.91 Å². The Balaban J connectivity index is 0.00000110. The van der Waals surface area contributed by atoms with E-state index in [-0.39, 0.29) is 36.6 Å². The van der Waals surface area contributed by atoms with Crippen LogP contribution in [0.1, 0.15) is 24.8 Å². The molecular weight excluding hydrogens is 309 g/mol. The molecule has 1 atom stereocenters. The van der Waals surface area contributed by atoms with Gasteiger partial charge in [-0.05, 0) is 49.9 Å². The molecule has 1 amide bonds. The predicted molar refractivity (Wildman–Crippen MR) is 91.6 cm³/mol. The number of nitrogens with one attached hydrogen (secondary N) is 1. The summed E-state index contributed by atoms with van der Waals surface area (Å²) in [7, 11) is 0. The van der Waals surface area contributed by atoms with Gasteiger partial charge in [0.15, 0.2) is 0 Å². The third-order valence-electron chi connectivity index (χ3n) is 4.20. The highest BCUT2D eigenvalue weighted by atomic mass is 35.5. The third kappa shape index (κ3) is 3.62. The number of rotatable bonds is 1. The topological polar surface area (TPSA) is 58.4 Å². The van der Waals surface area contributed by atoms with E-state index in [0.29, 0.717) is 0 Å². The van der Waals surface area contributed by atoms with Gasteiger partial charge in [-0.2, -0.15) is 0 Å². The number of fused-ring (bicyclic) bond motifs is 1. The zero-order valence-electron chi connectivity index (χ0n) is 12.0. The highest BCUT2D eigenvalue weighted by molar-refractivity contribution is 5.97. The Labute approximate surface area is 138 Å². The minimum Gasteiger partial charge on any atom is -0.398 e. The Hall–Kier alpha value is -0.970. The van der Waals surface area contributed by atoms with Crippen molar-refractivity contribution in [2.75, 3.05) is 30.3 Å². The first-order valence-electron chi connectivity index (χ1n) is 7.17. The van der Waals surface area contributed by atoms with Crippen molar-refractivity contribution < 1.29 is 4.79 Å². The van der Waals surface area contributed by atoms with Crippen molar-refractivity contribution in [3.05, 3.63) is 23.8 Å². The van der Waals surface area contributed by atoms with Gasteiger partial charge in [-0.3, -0.25) is 4.79 Å². The quantitative estimate of drug-likeness (QED) is 0.777. The van der Waals surface area contributed by atoms with Crippen molar-refractivity contribution >= 4 is 42.1 Å². The molecular formula is C15H23Cl2N3O. The summed E-state index contributed by atoms with van der Waals surface area (Å²) in [5.41, 5.74) is 9.02. The lowest BCUT2D eigenvalue weighted by Crippen LogP contribution is -2.45. The summed E-state index contributed by atoms with van der Waals surface area (Å²) >= 11 is 0. The summed E-state index contributed by atoms with van der Waals surface area (Å²) in [6.45, 7) is 2.67. The van der Waals surface area contributed by atoms with Crippen LogP contribution >= 0.6 is 24.8 Å². The largest absolute Gasteiger partial charge is 0.398 e. The second-order valence-corrected chi connectivity index (χ2v) is 5.48. The fraction of sp³-hybridized carbons (Fsp3) is 0.533. The van der Waals surface area contributed by atoms with Crippen molar-refractivity contribution in [3.63, 3.8) is 0 Å². The first kappa shape index (κ1) is 18.1. The fourth-order valence-electron chi connectivity index (χ4n) is 3.16. The lowest BCUT2D eigenvalue weighted by atomic mass is 9.94. The van der Waals surface area contributed by atoms with Crippen LogP contribution in [-0.2, 0) is 11.2 Å². The summed E-state index contributed by atoms with van der Waals surface area (Å²) in [4.78, 5) is 14.6. The van der Waals surface area contributed by atoms with Gasteiger partial charge in [-0.1, -0.05) is 6.07 Å². The van der Waals surface area contributed by atoms with Crippen molar-refractivity contribution in [3.8, 4) is 0 Å². The summed E-state index contributed by atoms with van der Waals surface area (Å²) in [5.74, 6) is 0.389. The van der Waals surface area contributed by atoms with E-state index >= 15 is 0 Å². The van der Waals surface area contributed by atoms with Crippen molar-refractivity contribution in [2.24, 2.45) is 5.92 Å². The van der Waals surface area contributed by atoms with Crippen molar-refractivity contribution in [1.29, 1.82) is 0 Å². The number of amides is 1. The normalized spacial score (nSPS) is 20.8. The van der Waals surface area contributed by atoms with E-state index in [1.807, 2.05) is 23.1 Å². The van der Waals surface area contributed by atoms with Gasteiger partial charge in [-0.25, -0.2) is 0 Å². The van der Waals surface area contributed by atoms with Gasteiger partial charge in [0.05, 0.1) is 5.92 Å². The average Bonchev–Trinajstić information content (AvgIpc) is 2.47. The number of piperidine rings is 1. The van der Waals surface area contributed by atoms with Crippen molar-refractivity contribution in [1.82, 2.24) is 5.32 Å². The van der Waals surface area contributed by atoms with Crippen molar-refractivity contribution in [2.45, 2.75) is 25.7 Å². The molecule has 1 fully saturated rings. The Morgan fingerprint density at radius 2 is 2.10 bits per heavy atom. The Morgan fingerprint density at radius 1 is 1.29 bits per heavy atom. The van der Waals surface area contributed by atoms with Crippen LogP contribution in [0.15, 0.2) is 18.2 Å². The van der Waals surface area contributed by atoms with E-state index in [9.17, 15) is 4.79 Å². The minimum absolute atomic E-state index is 0. The smallest absolute Gasteiger partial charge is 0.231 e. The Morgan fingerprint density at radius 3 is 2.81 bits per heavy atom. The van der Waals surface area contributed by atoms with Gasteiger partial charge < -0.3 is 16.0 Å². The number of hydrogen-bond acceptors (Lipinski definition) is 3. The SMILES string of the molecule is Cl.Cl.Nc1cccc2c1CCCN2C(=O)C1CCCNC1. The molecule has 3 N–H and O–H groups in total. The molecule has 2 aliphatic heterocycles. The van der Waals surface area contributed by atoms with Crippen LogP contribution in [0.4, 0.5) is 11.4 Å². The second-order valence-electron chi connectivity index (χ2n) is 5.48. The number of nitrogens with zero attached hydrogens (tertiary/aromatic N) is 1. The summed E-state index contributed by atoms with van der Waals surface area (Å²) < 4.78 is 0. The van der Waals surface area contributed by atoms with Crippen LogP contribution in [0.2, 0.25) is 0 Å². The van der Waals surface area contributed by atoms with Gasteiger partial charge >= 0.3 is 0 Å². The molecule has 0 spiro atoms. The monoisotopic (exact) mass is 331 g/mol. The van der Waals surface area contributed by atoms with Crippen LogP contribution in [-0.4, -0.2) is 25.5 Å². The molecule has 0 saturated carbocycles. The second kappa shape index (κ2) is 7.87. The number of carbonyl (C=O) groups is 1. The van der Waals surface area contributed by atoms with Gasteiger partial charge in [0, 0.05) is 24.5 Å². The molecule has 6 heteroatoms. The van der Waals surface area contributed by atoms with Gasteiger partial charge in [0.1, 0.15) is 0 Å². The molecule has 2 heterocycles. The summed E-state index contributed by atoms with van der Waals surface area (Å²) in [6.07, 6.45) is 4.08. The molecule has 118 valence electrons. The molecule has 2 aliphatic rings. The molecule has 1 aromatic carbocycles. The van der Waals surface area contributed by atoms with Gasteiger partial charge in [0.25, 0.3) is 0 Å². The molecule has 21 heavy (non-hydrogen) atoms. The van der Waals surface area contributed by atoms with Crippen LogP contribution in [0.25, 0.3) is 0 Å². The molecule has 1 saturated heterocycles. The minimum atomic E-state index is 0. The lowest BCUT2D eigenvalue weighted by molar-refractivity contribution is -0.122. The molecule has 0 aliphatic carbocycles. The van der Waals surface area contributed by atoms with Gasteiger partial charge in [-0.15, -0.1) is 24.8 Å². The number of anilines is 2. The summed E-state index contributed by atoms with van der Waals surface area (Å²) in [5, 5.41) is 3.32. The van der Waals surface area contributed by atoms with Crippen LogP contribution in [0.5, 0.6) is 0 Å². The number of nitrogen functional groups attached to an aromatic ring is 1. The predicted octanol–water partition coefficient (Wildman–Crippen LogP) is 2.39.